The third kappa shape index (κ3) is 8.74. The zero-order chi connectivity index (χ0) is 72.7. The summed E-state index contributed by atoms with van der Waals surface area (Å²) in [6.07, 6.45) is 0. The van der Waals surface area contributed by atoms with Crippen LogP contribution in [0.3, 0.4) is 0 Å². The summed E-state index contributed by atoms with van der Waals surface area (Å²) in [4.78, 5) is 0. The quantitative estimate of drug-likeness (QED) is 0.145. The molecule has 0 saturated carbocycles. The summed E-state index contributed by atoms with van der Waals surface area (Å²) in [5.41, 5.74) is 26.9. The molecule has 0 bridgehead atoms. The van der Waals surface area contributed by atoms with E-state index in [1.807, 2.05) is 12.1 Å². The van der Waals surface area contributed by atoms with Gasteiger partial charge in [-0.2, -0.15) is 5.26 Å². The van der Waals surface area contributed by atoms with Gasteiger partial charge < -0.3 is 31.8 Å². The molecule has 0 atom stereocenters. The minimum absolute atomic E-state index is 0.421. The second kappa shape index (κ2) is 23.4. The Morgan fingerprint density at radius 1 is 0.198 bits per heavy atom. The second-order valence-electron chi connectivity index (χ2n) is 29.3. The number of fused-ring (bicyclic) bond motifs is 21. The van der Waals surface area contributed by atoms with Crippen molar-refractivity contribution < 1.29 is 4.42 Å². The standard InChI is InChI=1S/C103H61N7O/c104-62-85-100(108-89-40-20-13-33-75(89)82-59-66(47-53-95(82)108)63-44-50-92-79(56-63)72-30-10-17-37-86(72)105(92)69-24-4-1-5-25-69)102(110-91-42-22-15-35-77(91)84-61-68(49-55-97(84)110)65-46-52-94-81(58-65)74-32-12-19-39-88(74)107(94)71-28-8-3-9-29-71)101(99-78-36-16-23-43-98(78)111-103(85)99)109-90-41-21-14-34-76(90)83-60-67(48-54-96(83)109)64-45-51-93-80(57-64)73-31-11-18-38-87(73)106(93)70-26-6-2-7-27-70/h1-61H. The lowest BCUT2D eigenvalue weighted by Gasteiger charge is -2.24. The van der Waals surface area contributed by atoms with Gasteiger partial charge in [0.05, 0.1) is 88.6 Å². The maximum Gasteiger partial charge on any atom is 0.157 e. The average molecular weight is 1410 g/mol. The van der Waals surface area contributed by atoms with Crippen LogP contribution in [0.5, 0.6) is 0 Å². The molecule has 0 aliphatic heterocycles. The number of benzene rings is 17. The molecule has 0 spiro atoms. The topological polar surface area (TPSA) is 66.5 Å². The molecule has 17 aromatic carbocycles. The van der Waals surface area contributed by atoms with E-state index in [1.54, 1.807) is 0 Å². The summed E-state index contributed by atoms with van der Waals surface area (Å²) in [6.45, 7) is 0. The maximum absolute atomic E-state index is 12.7. The van der Waals surface area contributed by atoms with Crippen LogP contribution in [0.25, 0.3) is 220 Å². The Hall–Kier alpha value is -15.2. The summed E-state index contributed by atoms with van der Waals surface area (Å²) in [5, 5.41) is 28.0. The van der Waals surface area contributed by atoms with Gasteiger partial charge in [0.1, 0.15) is 17.2 Å². The van der Waals surface area contributed by atoms with E-state index in [9.17, 15) is 5.26 Å². The first-order chi connectivity index (χ1) is 55.1. The fourth-order valence-corrected chi connectivity index (χ4v) is 18.9. The number of aromatic nitrogens is 6. The van der Waals surface area contributed by atoms with Gasteiger partial charge in [-0.05, 0) is 185 Å². The normalized spacial score (nSPS) is 12.1. The number of para-hydroxylation sites is 10. The highest BCUT2D eigenvalue weighted by molar-refractivity contribution is 6.23. The highest BCUT2D eigenvalue weighted by Crippen LogP contribution is 2.52. The largest absolute Gasteiger partial charge is 0.454 e. The Bertz CT molecular complexity index is 8150. The summed E-state index contributed by atoms with van der Waals surface area (Å²) in [7, 11) is 0. The lowest BCUT2D eigenvalue weighted by molar-refractivity contribution is 0.667. The van der Waals surface area contributed by atoms with Crippen LogP contribution in [0.4, 0.5) is 0 Å². The minimum Gasteiger partial charge on any atom is -0.454 e. The van der Waals surface area contributed by atoms with E-state index in [2.05, 4.69) is 391 Å². The van der Waals surface area contributed by atoms with Crippen LogP contribution >= 0.6 is 0 Å². The highest BCUT2D eigenvalue weighted by Gasteiger charge is 2.34. The second-order valence-corrected chi connectivity index (χ2v) is 29.3. The summed E-state index contributed by atoms with van der Waals surface area (Å²) in [5.74, 6) is 0. The summed E-state index contributed by atoms with van der Waals surface area (Å²) >= 11 is 0. The highest BCUT2D eigenvalue weighted by atomic mass is 16.3. The lowest BCUT2D eigenvalue weighted by atomic mass is 9.99. The molecule has 0 amide bonds. The van der Waals surface area contributed by atoms with Gasteiger partial charge in [0.15, 0.2) is 5.58 Å². The molecule has 0 saturated heterocycles. The van der Waals surface area contributed by atoms with Gasteiger partial charge in [-0.25, -0.2) is 0 Å². The van der Waals surface area contributed by atoms with Gasteiger partial charge in [0.2, 0.25) is 0 Å². The summed E-state index contributed by atoms with van der Waals surface area (Å²) in [6, 6.07) is 138. The van der Waals surface area contributed by atoms with Crippen LogP contribution in [0.15, 0.2) is 374 Å². The molecule has 24 rings (SSSR count). The zero-order valence-electron chi connectivity index (χ0n) is 59.8. The van der Waals surface area contributed by atoms with Gasteiger partial charge in [-0.3, -0.25) is 0 Å². The van der Waals surface area contributed by atoms with E-state index in [0.29, 0.717) is 22.4 Å². The molecule has 0 radical (unpaired) electrons. The van der Waals surface area contributed by atoms with Crippen molar-refractivity contribution in [1.82, 2.24) is 27.4 Å². The molecule has 8 nitrogen and oxygen atoms in total. The third-order valence-electron chi connectivity index (χ3n) is 23.6. The third-order valence-corrected chi connectivity index (χ3v) is 23.6. The number of nitrogens with zero attached hydrogens (tertiary/aromatic N) is 7. The maximum atomic E-state index is 12.7. The molecule has 514 valence electrons. The SMILES string of the molecule is N#Cc1c(-n2c3ccccc3c3cc(-c4ccc5c(c4)c4ccccc4n5-c4ccccc4)ccc32)c(-n2c3ccccc3c3cc(-c4ccc5c(c4)c4ccccc4n5-c4ccccc4)ccc32)c(-n2c3ccccc3c3cc(-c4ccc5c(c4)c4ccccc4n5-c4ccccc4)ccc32)c2c1oc1ccccc12. The first kappa shape index (κ1) is 61.0. The van der Waals surface area contributed by atoms with E-state index in [0.717, 1.165) is 166 Å². The van der Waals surface area contributed by atoms with Crippen LogP contribution in [-0.4, -0.2) is 27.4 Å². The first-order valence-electron chi connectivity index (χ1n) is 37.9. The molecule has 8 heteroatoms. The average Bonchev–Trinajstić information content (AvgIpc) is 1.54. The van der Waals surface area contributed by atoms with Crippen molar-refractivity contribution in [2.75, 3.05) is 0 Å². The van der Waals surface area contributed by atoms with Crippen LogP contribution in [0.1, 0.15) is 5.56 Å². The Kier molecular flexibility index (Phi) is 12.9. The Morgan fingerprint density at radius 3 is 0.739 bits per heavy atom. The van der Waals surface area contributed by atoms with Crippen molar-refractivity contribution in [1.29, 1.82) is 5.26 Å². The Labute approximate surface area is 635 Å². The van der Waals surface area contributed by atoms with Gasteiger partial charge >= 0.3 is 0 Å². The van der Waals surface area contributed by atoms with Gasteiger partial charge in [-0.1, -0.05) is 218 Å². The molecule has 7 heterocycles. The molecule has 24 aromatic rings. The van der Waals surface area contributed by atoms with Crippen molar-refractivity contribution in [2.24, 2.45) is 0 Å². The van der Waals surface area contributed by atoms with Gasteiger partial charge in [-0.15, -0.1) is 0 Å². The number of hydrogen-bond donors (Lipinski definition) is 0. The van der Waals surface area contributed by atoms with Crippen molar-refractivity contribution in [3.63, 3.8) is 0 Å². The van der Waals surface area contributed by atoms with Gasteiger partial charge in [0, 0.05) is 87.1 Å². The fraction of sp³-hybridized carbons (Fsp3) is 0. The van der Waals surface area contributed by atoms with E-state index in [1.165, 1.54) is 37.8 Å². The monoisotopic (exact) mass is 1410 g/mol. The van der Waals surface area contributed by atoms with Crippen molar-refractivity contribution in [2.45, 2.75) is 0 Å². The van der Waals surface area contributed by atoms with Crippen molar-refractivity contribution in [3.8, 4) is 73.6 Å². The number of rotatable bonds is 9. The number of furan rings is 1. The van der Waals surface area contributed by atoms with Crippen LogP contribution in [-0.2, 0) is 0 Å². The molecule has 0 aliphatic carbocycles. The molecule has 0 N–H and O–H groups in total. The predicted octanol–water partition coefficient (Wildman–Crippen LogP) is 27.0. The molecular formula is C103H61N7O. The van der Waals surface area contributed by atoms with Crippen molar-refractivity contribution >= 4 is 153 Å². The molecule has 111 heavy (non-hydrogen) atoms. The zero-order valence-corrected chi connectivity index (χ0v) is 59.8. The minimum atomic E-state index is 0.421. The lowest BCUT2D eigenvalue weighted by Crippen LogP contribution is -2.12. The van der Waals surface area contributed by atoms with E-state index >= 15 is 0 Å². The number of nitriles is 1. The molecule has 0 fully saturated rings. The van der Waals surface area contributed by atoms with Gasteiger partial charge in [0.25, 0.3) is 0 Å². The first-order valence-corrected chi connectivity index (χ1v) is 37.9. The predicted molar refractivity (Wildman–Crippen MR) is 461 cm³/mol. The smallest absolute Gasteiger partial charge is 0.157 e. The Morgan fingerprint density at radius 2 is 0.432 bits per heavy atom. The Balaban J connectivity index is 0.795. The molecule has 7 aromatic heterocycles. The molecule has 0 unspecified atom stereocenters. The van der Waals surface area contributed by atoms with E-state index in [-0.39, 0.29) is 0 Å². The number of hydrogen-bond acceptors (Lipinski definition) is 2. The summed E-state index contributed by atoms with van der Waals surface area (Å²) < 4.78 is 21.8. The molecular weight excluding hydrogens is 1350 g/mol. The fourth-order valence-electron chi connectivity index (χ4n) is 18.9. The van der Waals surface area contributed by atoms with Crippen molar-refractivity contribution in [3.05, 3.63) is 376 Å². The van der Waals surface area contributed by atoms with Crippen LogP contribution in [0.2, 0.25) is 0 Å². The van der Waals surface area contributed by atoms with E-state index < -0.39 is 0 Å². The van der Waals surface area contributed by atoms with Crippen LogP contribution in [0, 0.1) is 11.3 Å². The van der Waals surface area contributed by atoms with Crippen LogP contribution < -0.4 is 0 Å². The molecule has 0 aliphatic rings. The van der Waals surface area contributed by atoms with E-state index in [4.69, 9.17) is 4.42 Å².